The maximum Gasteiger partial charge on any atom is 0.282 e. The van der Waals surface area contributed by atoms with Gasteiger partial charge in [0, 0.05) is 58.6 Å². The highest BCUT2D eigenvalue weighted by atomic mass is 32.2. The van der Waals surface area contributed by atoms with Crippen LogP contribution in [0.1, 0.15) is 38.5 Å². The summed E-state index contributed by atoms with van der Waals surface area (Å²) in [4.78, 5) is 13.5. The first-order chi connectivity index (χ1) is 14.0. The van der Waals surface area contributed by atoms with Crippen molar-refractivity contribution in [2.75, 3.05) is 62.2 Å². The third kappa shape index (κ3) is 4.82. The van der Waals surface area contributed by atoms with E-state index in [9.17, 15) is 13.5 Å². The topological polar surface area (TPSA) is 93.1 Å². The van der Waals surface area contributed by atoms with E-state index >= 15 is 0 Å². The summed E-state index contributed by atoms with van der Waals surface area (Å²) in [6.07, 6.45) is 6.85. The number of aliphatic hydroxyl groups excluding tert-OH is 1. The minimum absolute atomic E-state index is 0.217. The van der Waals surface area contributed by atoms with Gasteiger partial charge in [0.05, 0.1) is 6.10 Å². The Kier molecular flexibility index (Phi) is 6.53. The van der Waals surface area contributed by atoms with Gasteiger partial charge >= 0.3 is 0 Å². The second-order valence-electron chi connectivity index (χ2n) is 8.14. The number of anilines is 2. The molecule has 29 heavy (non-hydrogen) atoms. The smallest absolute Gasteiger partial charge is 0.282 e. The van der Waals surface area contributed by atoms with E-state index in [2.05, 4.69) is 14.8 Å². The molecule has 0 bridgehead atoms. The number of hydrogen-bond donors (Lipinski definition) is 1. The molecule has 162 valence electrons. The molecule has 3 aliphatic rings. The van der Waals surface area contributed by atoms with Crippen molar-refractivity contribution in [3.63, 3.8) is 0 Å². The molecule has 0 amide bonds. The first kappa shape index (κ1) is 20.8. The van der Waals surface area contributed by atoms with E-state index in [4.69, 9.17) is 4.98 Å². The Labute approximate surface area is 173 Å². The molecule has 0 unspecified atom stereocenters. The summed E-state index contributed by atoms with van der Waals surface area (Å²) in [5, 5.41) is 9.72. The number of piperidine rings is 2. The van der Waals surface area contributed by atoms with E-state index in [1.807, 2.05) is 6.07 Å². The van der Waals surface area contributed by atoms with Crippen LogP contribution in [0.15, 0.2) is 12.3 Å². The highest BCUT2D eigenvalue weighted by Gasteiger charge is 2.32. The molecule has 10 heteroatoms. The Morgan fingerprint density at radius 3 is 2.28 bits per heavy atom. The fourth-order valence-electron chi connectivity index (χ4n) is 4.35. The fraction of sp³-hybridized carbons (Fsp3) is 0.789. The lowest BCUT2D eigenvalue weighted by molar-refractivity contribution is 0.145. The quantitative estimate of drug-likeness (QED) is 0.760. The predicted octanol–water partition coefficient (Wildman–Crippen LogP) is 0.681. The molecule has 1 aromatic heterocycles. The van der Waals surface area contributed by atoms with Gasteiger partial charge in [0.15, 0.2) is 0 Å². The van der Waals surface area contributed by atoms with E-state index in [0.29, 0.717) is 38.7 Å². The molecule has 1 aromatic rings. The number of hydrogen-bond acceptors (Lipinski definition) is 7. The number of aromatic nitrogens is 2. The van der Waals surface area contributed by atoms with Crippen LogP contribution in [0.5, 0.6) is 0 Å². The van der Waals surface area contributed by atoms with E-state index in [0.717, 1.165) is 64.0 Å². The SMILES string of the molecule is O=S(=O)(N1CCCCC1)N1CCCN(c2nccc(N3CCC(O)CC3)n2)CC1. The molecule has 0 saturated carbocycles. The van der Waals surface area contributed by atoms with Crippen LogP contribution in [-0.2, 0) is 10.2 Å². The van der Waals surface area contributed by atoms with Gasteiger partial charge in [0.1, 0.15) is 5.82 Å². The molecule has 0 aromatic carbocycles. The Morgan fingerprint density at radius 1 is 0.828 bits per heavy atom. The lowest BCUT2D eigenvalue weighted by Crippen LogP contribution is -2.47. The first-order valence-electron chi connectivity index (χ1n) is 10.8. The predicted molar refractivity (Wildman–Crippen MR) is 112 cm³/mol. The maximum absolute atomic E-state index is 13.0. The van der Waals surface area contributed by atoms with Crippen molar-refractivity contribution in [1.82, 2.24) is 18.6 Å². The number of aliphatic hydroxyl groups is 1. The summed E-state index contributed by atoms with van der Waals surface area (Å²) in [5.74, 6) is 1.54. The molecule has 9 nitrogen and oxygen atoms in total. The molecule has 0 radical (unpaired) electrons. The van der Waals surface area contributed by atoms with E-state index < -0.39 is 10.2 Å². The highest BCUT2D eigenvalue weighted by molar-refractivity contribution is 7.86. The normalized spacial score (nSPS) is 23.9. The monoisotopic (exact) mass is 424 g/mol. The van der Waals surface area contributed by atoms with Gasteiger partial charge in [-0.25, -0.2) is 4.98 Å². The second kappa shape index (κ2) is 9.11. The molecule has 3 saturated heterocycles. The van der Waals surface area contributed by atoms with Crippen molar-refractivity contribution in [2.24, 2.45) is 0 Å². The lowest BCUT2D eigenvalue weighted by atomic mass is 10.1. The van der Waals surface area contributed by atoms with Crippen molar-refractivity contribution >= 4 is 22.0 Å². The third-order valence-electron chi connectivity index (χ3n) is 6.12. The first-order valence-corrected chi connectivity index (χ1v) is 12.2. The van der Waals surface area contributed by atoms with Crippen molar-refractivity contribution < 1.29 is 13.5 Å². The summed E-state index contributed by atoms with van der Waals surface area (Å²) < 4.78 is 29.3. The zero-order valence-electron chi connectivity index (χ0n) is 17.0. The van der Waals surface area contributed by atoms with Crippen LogP contribution in [0.2, 0.25) is 0 Å². The van der Waals surface area contributed by atoms with Gasteiger partial charge in [-0.05, 0) is 38.2 Å². The van der Waals surface area contributed by atoms with Gasteiger partial charge in [-0.1, -0.05) is 6.42 Å². The van der Waals surface area contributed by atoms with Gasteiger partial charge in [0.2, 0.25) is 5.95 Å². The molecule has 4 rings (SSSR count). The zero-order valence-corrected chi connectivity index (χ0v) is 17.8. The van der Waals surface area contributed by atoms with E-state index in [-0.39, 0.29) is 6.10 Å². The van der Waals surface area contributed by atoms with Crippen molar-refractivity contribution in [3.05, 3.63) is 12.3 Å². The molecule has 0 aliphatic carbocycles. The van der Waals surface area contributed by atoms with Crippen LogP contribution in [-0.4, -0.2) is 90.6 Å². The molecular weight excluding hydrogens is 392 g/mol. The summed E-state index contributed by atoms with van der Waals surface area (Å²) in [6, 6.07) is 1.91. The van der Waals surface area contributed by atoms with Gasteiger partial charge in [-0.3, -0.25) is 0 Å². The molecule has 3 aliphatic heterocycles. The van der Waals surface area contributed by atoms with E-state index in [1.54, 1.807) is 14.8 Å². The van der Waals surface area contributed by atoms with Gasteiger partial charge < -0.3 is 14.9 Å². The molecule has 1 N–H and O–H groups in total. The van der Waals surface area contributed by atoms with Gasteiger partial charge in [0.25, 0.3) is 10.2 Å². The molecular formula is C19H32N6O3S. The average Bonchev–Trinajstić information content (AvgIpc) is 3.02. The molecule has 0 spiro atoms. The number of nitrogens with zero attached hydrogens (tertiary/aromatic N) is 6. The summed E-state index contributed by atoms with van der Waals surface area (Å²) in [6.45, 7) is 5.19. The second-order valence-corrected chi connectivity index (χ2v) is 10.1. The minimum atomic E-state index is -3.38. The standard InChI is InChI=1S/C19H32N6O3S/c26-17-6-13-22(14-7-17)18-5-8-20-19(21-18)23-9-4-12-25(16-15-23)29(27,28)24-10-2-1-3-11-24/h5,8,17,26H,1-4,6-7,9-16H2. The Hall–Kier alpha value is -1.49. The van der Waals surface area contributed by atoms with Gasteiger partial charge in [-0.15, -0.1) is 0 Å². The van der Waals surface area contributed by atoms with E-state index in [1.165, 1.54) is 0 Å². The van der Waals surface area contributed by atoms with Crippen LogP contribution >= 0.6 is 0 Å². The third-order valence-corrected chi connectivity index (χ3v) is 8.16. The average molecular weight is 425 g/mol. The van der Waals surface area contributed by atoms with Crippen molar-refractivity contribution in [3.8, 4) is 0 Å². The largest absolute Gasteiger partial charge is 0.393 e. The maximum atomic E-state index is 13.0. The molecule has 3 fully saturated rings. The molecule has 4 heterocycles. The fourth-order valence-corrected chi connectivity index (χ4v) is 6.06. The zero-order chi connectivity index (χ0) is 20.3. The van der Waals surface area contributed by atoms with Crippen LogP contribution < -0.4 is 9.80 Å². The van der Waals surface area contributed by atoms with Gasteiger partial charge in [-0.2, -0.15) is 22.0 Å². The Bertz CT molecular complexity index is 778. The Morgan fingerprint density at radius 2 is 1.52 bits per heavy atom. The van der Waals surface area contributed by atoms with Crippen molar-refractivity contribution in [1.29, 1.82) is 0 Å². The Balaban J connectivity index is 1.41. The molecule has 0 atom stereocenters. The van der Waals surface area contributed by atoms with Crippen LogP contribution in [0, 0.1) is 0 Å². The van der Waals surface area contributed by atoms with Crippen LogP contribution in [0.3, 0.4) is 0 Å². The summed E-state index contributed by atoms with van der Waals surface area (Å²) in [5.41, 5.74) is 0. The van der Waals surface area contributed by atoms with Crippen LogP contribution in [0.4, 0.5) is 11.8 Å². The minimum Gasteiger partial charge on any atom is -0.393 e. The lowest BCUT2D eigenvalue weighted by Gasteiger charge is -2.32. The number of rotatable bonds is 4. The highest BCUT2D eigenvalue weighted by Crippen LogP contribution is 2.22. The summed E-state index contributed by atoms with van der Waals surface area (Å²) >= 11 is 0. The summed E-state index contributed by atoms with van der Waals surface area (Å²) in [7, 11) is -3.38. The van der Waals surface area contributed by atoms with Crippen molar-refractivity contribution in [2.45, 2.75) is 44.6 Å². The van der Waals surface area contributed by atoms with Crippen LogP contribution in [0.25, 0.3) is 0 Å².